The van der Waals surface area contributed by atoms with Crippen molar-refractivity contribution in [3.05, 3.63) is 34.2 Å². The normalized spacial score (nSPS) is 9.00. The van der Waals surface area contributed by atoms with Crippen molar-refractivity contribution in [2.75, 3.05) is 0 Å². The number of hydrogen-bond donors (Lipinski definition) is 0. The Labute approximate surface area is 68.7 Å². The van der Waals surface area contributed by atoms with E-state index in [0.717, 1.165) is 6.07 Å². The first kappa shape index (κ1) is 8.21. The number of hydrogen-bond acceptors (Lipinski definition) is 3. The van der Waals surface area contributed by atoms with Crippen LogP contribution < -0.4 is 5.56 Å². The fourth-order valence-electron chi connectivity index (χ4n) is 0.754. The molecule has 1 rings (SSSR count). The molecule has 0 aliphatic carbocycles. The van der Waals surface area contributed by atoms with Crippen LogP contribution in [0.1, 0.15) is 10.4 Å². The number of aromatic nitrogens is 1. The summed E-state index contributed by atoms with van der Waals surface area (Å²) in [6.45, 7) is 0. The third-order valence-corrected chi connectivity index (χ3v) is 1.47. The molecule has 0 bridgehead atoms. The van der Waals surface area contributed by atoms with Crippen molar-refractivity contribution in [3.8, 4) is 6.07 Å². The zero-order chi connectivity index (χ0) is 9.14. The molecule has 0 amide bonds. The van der Waals surface area contributed by atoms with Crippen molar-refractivity contribution in [1.29, 1.82) is 5.26 Å². The molecule has 0 spiro atoms. The predicted molar refractivity (Wildman–Crippen MR) is 41.6 cm³/mol. The number of Topliss-reactive ketones (excluding diaryl/α,β-unsaturated/α-hetero) is 1. The van der Waals surface area contributed by atoms with Crippen molar-refractivity contribution < 1.29 is 4.79 Å². The average Bonchev–Trinajstić information content (AvgIpc) is 2.08. The lowest BCUT2D eigenvalue weighted by Gasteiger charge is -1.95. The van der Waals surface area contributed by atoms with Crippen LogP contribution in [0, 0.1) is 11.3 Å². The first-order valence-corrected chi connectivity index (χ1v) is 3.26. The van der Waals surface area contributed by atoms with Gasteiger partial charge < -0.3 is 4.57 Å². The zero-order valence-electron chi connectivity index (χ0n) is 6.44. The summed E-state index contributed by atoms with van der Waals surface area (Å²) < 4.78 is 1.33. The molecule has 0 N–H and O–H groups in total. The molecule has 60 valence electrons. The lowest BCUT2D eigenvalue weighted by atomic mass is 10.2. The summed E-state index contributed by atoms with van der Waals surface area (Å²) in [5.41, 5.74) is -0.156. The Bertz CT molecular complexity index is 412. The van der Waals surface area contributed by atoms with E-state index >= 15 is 0 Å². The fourth-order valence-corrected chi connectivity index (χ4v) is 0.754. The van der Waals surface area contributed by atoms with E-state index in [4.69, 9.17) is 5.26 Å². The molecule has 0 aliphatic rings. The van der Waals surface area contributed by atoms with Crippen LogP contribution in [0.5, 0.6) is 0 Å². The van der Waals surface area contributed by atoms with Crippen LogP contribution >= 0.6 is 0 Å². The number of pyridine rings is 1. The number of aryl methyl sites for hydroxylation is 1. The van der Waals surface area contributed by atoms with Crippen LogP contribution in [0.2, 0.25) is 0 Å². The number of nitrogens with zero attached hydrogens (tertiary/aromatic N) is 2. The van der Waals surface area contributed by atoms with E-state index < -0.39 is 5.78 Å². The maximum atomic E-state index is 11.0. The molecule has 4 heteroatoms. The van der Waals surface area contributed by atoms with Gasteiger partial charge in [-0.1, -0.05) is 0 Å². The lowest BCUT2D eigenvalue weighted by Crippen LogP contribution is -2.16. The van der Waals surface area contributed by atoms with Crippen molar-refractivity contribution in [3.63, 3.8) is 0 Å². The van der Waals surface area contributed by atoms with Gasteiger partial charge in [0.05, 0.1) is 0 Å². The number of nitriles is 1. The molecule has 0 fully saturated rings. The summed E-state index contributed by atoms with van der Waals surface area (Å²) >= 11 is 0. The Kier molecular flexibility index (Phi) is 2.06. The van der Waals surface area contributed by atoms with E-state index in [0.29, 0.717) is 0 Å². The Hall–Kier alpha value is -1.89. The van der Waals surface area contributed by atoms with Crippen molar-refractivity contribution in [2.24, 2.45) is 7.05 Å². The number of carbonyl (C=O) groups excluding carboxylic acids is 1. The van der Waals surface area contributed by atoms with Crippen LogP contribution in [0.25, 0.3) is 0 Å². The Morgan fingerprint density at radius 2 is 2.33 bits per heavy atom. The number of ketones is 1. The van der Waals surface area contributed by atoms with Gasteiger partial charge in [-0.3, -0.25) is 9.59 Å². The van der Waals surface area contributed by atoms with Crippen LogP contribution in [0.15, 0.2) is 23.1 Å². The molecule has 1 aromatic heterocycles. The van der Waals surface area contributed by atoms with Gasteiger partial charge in [0.15, 0.2) is 0 Å². The van der Waals surface area contributed by atoms with E-state index in [1.54, 1.807) is 7.05 Å². The fraction of sp³-hybridized carbons (Fsp3) is 0.125. The van der Waals surface area contributed by atoms with Gasteiger partial charge in [0, 0.05) is 24.9 Å². The molecule has 1 aromatic rings. The van der Waals surface area contributed by atoms with Gasteiger partial charge in [0.2, 0.25) is 0 Å². The Morgan fingerprint density at radius 3 is 2.83 bits per heavy atom. The van der Waals surface area contributed by atoms with Gasteiger partial charge >= 0.3 is 0 Å². The van der Waals surface area contributed by atoms with Gasteiger partial charge in [-0.25, -0.2) is 0 Å². The van der Waals surface area contributed by atoms with E-state index in [-0.39, 0.29) is 11.1 Å². The highest BCUT2D eigenvalue weighted by Gasteiger charge is 2.03. The molecule has 0 aromatic carbocycles. The molecule has 0 aliphatic heterocycles. The minimum Gasteiger partial charge on any atom is -0.319 e. The molecule has 0 radical (unpaired) electrons. The van der Waals surface area contributed by atoms with Crippen LogP contribution in [-0.4, -0.2) is 10.4 Å². The van der Waals surface area contributed by atoms with E-state index in [1.807, 2.05) is 0 Å². The highest BCUT2D eigenvalue weighted by Crippen LogP contribution is 1.94. The third-order valence-electron chi connectivity index (χ3n) is 1.47. The van der Waals surface area contributed by atoms with Gasteiger partial charge in [-0.05, 0) is 6.07 Å². The molecule has 4 nitrogen and oxygen atoms in total. The molecule has 1 heterocycles. The minimum atomic E-state index is -0.687. The van der Waals surface area contributed by atoms with E-state index in [9.17, 15) is 9.59 Å². The van der Waals surface area contributed by atoms with Gasteiger partial charge in [0.25, 0.3) is 11.3 Å². The smallest absolute Gasteiger partial charge is 0.262 e. The predicted octanol–water partition coefficient (Wildman–Crippen LogP) is 0.0916. The standard InChI is InChI=1S/C8H6N2O2/c1-10-3-2-6(4-8(10)12)7(11)5-9/h2-4H,1H3. The second-order valence-corrected chi connectivity index (χ2v) is 2.31. The summed E-state index contributed by atoms with van der Waals surface area (Å²) in [7, 11) is 1.57. The molecule has 0 saturated heterocycles. The number of rotatable bonds is 1. The van der Waals surface area contributed by atoms with Crippen molar-refractivity contribution in [2.45, 2.75) is 0 Å². The molecule has 0 saturated carbocycles. The van der Waals surface area contributed by atoms with E-state index in [1.165, 1.54) is 22.9 Å². The molecule has 0 atom stereocenters. The molecular weight excluding hydrogens is 156 g/mol. The zero-order valence-corrected chi connectivity index (χ0v) is 6.44. The third kappa shape index (κ3) is 1.40. The molecular formula is C8H6N2O2. The molecule has 12 heavy (non-hydrogen) atoms. The lowest BCUT2D eigenvalue weighted by molar-refractivity contribution is 0.105. The first-order valence-electron chi connectivity index (χ1n) is 3.26. The van der Waals surface area contributed by atoms with Crippen LogP contribution in [0.4, 0.5) is 0 Å². The monoisotopic (exact) mass is 162 g/mol. The van der Waals surface area contributed by atoms with Crippen molar-refractivity contribution >= 4 is 5.78 Å². The van der Waals surface area contributed by atoms with Gasteiger partial charge in [-0.2, -0.15) is 5.26 Å². The number of carbonyl (C=O) groups is 1. The SMILES string of the molecule is Cn1ccc(C(=O)C#N)cc1=O. The largest absolute Gasteiger partial charge is 0.319 e. The minimum absolute atomic E-state index is 0.139. The van der Waals surface area contributed by atoms with Gasteiger partial charge in [-0.15, -0.1) is 0 Å². The second-order valence-electron chi connectivity index (χ2n) is 2.31. The summed E-state index contributed by atoms with van der Waals surface area (Å²) in [6.07, 6.45) is 1.45. The second kappa shape index (κ2) is 3.01. The summed E-state index contributed by atoms with van der Waals surface area (Å²) in [5.74, 6) is -0.687. The van der Waals surface area contributed by atoms with Crippen molar-refractivity contribution in [1.82, 2.24) is 4.57 Å². The Morgan fingerprint density at radius 1 is 1.67 bits per heavy atom. The van der Waals surface area contributed by atoms with E-state index in [2.05, 4.69) is 0 Å². The molecule has 0 unspecified atom stereocenters. The maximum Gasteiger partial charge on any atom is 0.262 e. The summed E-state index contributed by atoms with van der Waals surface area (Å²) in [4.78, 5) is 21.7. The Balaban J connectivity index is 3.25. The highest BCUT2D eigenvalue weighted by atomic mass is 16.1. The van der Waals surface area contributed by atoms with Crippen LogP contribution in [-0.2, 0) is 7.05 Å². The summed E-state index contributed by atoms with van der Waals surface area (Å²) in [5, 5.41) is 8.24. The maximum absolute atomic E-state index is 11.0. The van der Waals surface area contributed by atoms with Crippen LogP contribution in [0.3, 0.4) is 0 Å². The highest BCUT2D eigenvalue weighted by molar-refractivity contribution is 6.07. The topological polar surface area (TPSA) is 62.9 Å². The summed E-state index contributed by atoms with van der Waals surface area (Å²) in [6, 6.07) is 4.02. The first-order chi connectivity index (χ1) is 5.65. The van der Waals surface area contributed by atoms with Gasteiger partial charge in [0.1, 0.15) is 6.07 Å². The average molecular weight is 162 g/mol. The quantitative estimate of drug-likeness (QED) is 0.434.